The predicted octanol–water partition coefficient (Wildman–Crippen LogP) is 1.72. The average molecular weight is 308 g/mol. The summed E-state index contributed by atoms with van der Waals surface area (Å²) in [6.07, 6.45) is 2.82. The van der Waals surface area contributed by atoms with Gasteiger partial charge in [0.05, 0.1) is 24.2 Å². The minimum atomic E-state index is -3.79. The highest BCUT2D eigenvalue weighted by Gasteiger charge is 2.19. The number of sulfonamides is 1. The molecule has 0 bridgehead atoms. The highest BCUT2D eigenvalue weighted by atomic mass is 32.2. The standard InChI is InChI=1S/C13H16N4O3S/c1-3-20-12-7-6-10(9-16-12)17-21(18,19)13-11(14-2)5-4-8-15-13/h4-9,14,17H,3H2,1-2H3. The molecule has 2 aromatic heterocycles. The lowest BCUT2D eigenvalue weighted by molar-refractivity contribution is 0.327. The van der Waals surface area contributed by atoms with E-state index in [2.05, 4.69) is 20.0 Å². The van der Waals surface area contributed by atoms with Crippen LogP contribution in [0.3, 0.4) is 0 Å². The number of nitrogens with one attached hydrogen (secondary N) is 2. The molecule has 112 valence electrons. The maximum absolute atomic E-state index is 12.3. The van der Waals surface area contributed by atoms with Crippen molar-refractivity contribution in [1.29, 1.82) is 0 Å². The van der Waals surface area contributed by atoms with Crippen molar-refractivity contribution in [2.24, 2.45) is 0 Å². The normalized spacial score (nSPS) is 11.0. The van der Waals surface area contributed by atoms with E-state index in [0.29, 0.717) is 23.9 Å². The fourth-order valence-corrected chi connectivity index (χ4v) is 2.86. The number of rotatable bonds is 6. The van der Waals surface area contributed by atoms with Gasteiger partial charge in [0, 0.05) is 19.3 Å². The van der Waals surface area contributed by atoms with Crippen molar-refractivity contribution in [2.75, 3.05) is 23.7 Å². The van der Waals surface area contributed by atoms with Gasteiger partial charge in [0.15, 0.2) is 5.03 Å². The summed E-state index contributed by atoms with van der Waals surface area (Å²) in [5, 5.41) is 2.73. The molecule has 0 aliphatic heterocycles. The number of nitrogens with zero attached hydrogens (tertiary/aromatic N) is 2. The maximum Gasteiger partial charge on any atom is 0.281 e. The Morgan fingerprint density at radius 1 is 1.24 bits per heavy atom. The topological polar surface area (TPSA) is 93.2 Å². The summed E-state index contributed by atoms with van der Waals surface area (Å²) < 4.78 is 32.3. The minimum absolute atomic E-state index is 0.0682. The van der Waals surface area contributed by atoms with Crippen molar-refractivity contribution >= 4 is 21.4 Å². The molecular weight excluding hydrogens is 292 g/mol. The largest absolute Gasteiger partial charge is 0.478 e. The van der Waals surface area contributed by atoms with E-state index in [9.17, 15) is 8.42 Å². The number of anilines is 2. The van der Waals surface area contributed by atoms with Crippen LogP contribution in [0.4, 0.5) is 11.4 Å². The van der Waals surface area contributed by atoms with E-state index in [4.69, 9.17) is 4.74 Å². The van der Waals surface area contributed by atoms with Crippen LogP contribution in [0.5, 0.6) is 5.88 Å². The predicted molar refractivity (Wildman–Crippen MR) is 80.0 cm³/mol. The summed E-state index contributed by atoms with van der Waals surface area (Å²) in [4.78, 5) is 7.91. The second kappa shape index (κ2) is 6.40. The van der Waals surface area contributed by atoms with E-state index in [1.165, 1.54) is 12.4 Å². The summed E-state index contributed by atoms with van der Waals surface area (Å²) >= 11 is 0. The Labute approximate surface area is 123 Å². The first kappa shape index (κ1) is 15.0. The van der Waals surface area contributed by atoms with Crippen LogP contribution < -0.4 is 14.8 Å². The van der Waals surface area contributed by atoms with Crippen molar-refractivity contribution in [2.45, 2.75) is 11.9 Å². The molecule has 0 spiro atoms. The van der Waals surface area contributed by atoms with Gasteiger partial charge in [0.25, 0.3) is 10.0 Å². The number of hydrogen-bond acceptors (Lipinski definition) is 6. The summed E-state index contributed by atoms with van der Waals surface area (Å²) in [6.45, 7) is 2.34. The number of ether oxygens (including phenoxy) is 1. The molecule has 7 nitrogen and oxygen atoms in total. The zero-order valence-electron chi connectivity index (χ0n) is 11.7. The van der Waals surface area contributed by atoms with E-state index < -0.39 is 10.0 Å². The van der Waals surface area contributed by atoms with Gasteiger partial charge in [-0.3, -0.25) is 4.72 Å². The molecule has 0 unspecified atom stereocenters. The molecule has 2 heterocycles. The van der Waals surface area contributed by atoms with Gasteiger partial charge in [-0.15, -0.1) is 0 Å². The first-order valence-electron chi connectivity index (χ1n) is 6.31. The van der Waals surface area contributed by atoms with Crippen LogP contribution in [0.15, 0.2) is 41.7 Å². The molecule has 2 aromatic rings. The Kier molecular flexibility index (Phi) is 4.59. The van der Waals surface area contributed by atoms with Gasteiger partial charge in [-0.05, 0) is 25.1 Å². The molecule has 0 saturated carbocycles. The van der Waals surface area contributed by atoms with Gasteiger partial charge in [0.2, 0.25) is 5.88 Å². The summed E-state index contributed by atoms with van der Waals surface area (Å²) in [6, 6.07) is 6.47. The maximum atomic E-state index is 12.3. The molecule has 0 aliphatic rings. The highest BCUT2D eigenvalue weighted by molar-refractivity contribution is 7.92. The van der Waals surface area contributed by atoms with E-state index in [1.54, 1.807) is 31.3 Å². The van der Waals surface area contributed by atoms with Crippen LogP contribution in [0.2, 0.25) is 0 Å². The summed E-state index contributed by atoms with van der Waals surface area (Å²) in [5.41, 5.74) is 0.759. The third kappa shape index (κ3) is 3.60. The lowest BCUT2D eigenvalue weighted by Gasteiger charge is -2.11. The Balaban J connectivity index is 2.24. The molecular formula is C13H16N4O3S. The second-order valence-electron chi connectivity index (χ2n) is 4.03. The van der Waals surface area contributed by atoms with Crippen LogP contribution in [0, 0.1) is 0 Å². The van der Waals surface area contributed by atoms with Crippen LogP contribution in [0.1, 0.15) is 6.92 Å². The molecule has 0 saturated heterocycles. The van der Waals surface area contributed by atoms with Crippen LogP contribution in [-0.4, -0.2) is 32.0 Å². The first-order valence-corrected chi connectivity index (χ1v) is 7.79. The van der Waals surface area contributed by atoms with E-state index >= 15 is 0 Å². The lowest BCUT2D eigenvalue weighted by atomic mass is 10.4. The minimum Gasteiger partial charge on any atom is -0.478 e. The smallest absolute Gasteiger partial charge is 0.281 e. The fourth-order valence-electron chi connectivity index (χ4n) is 1.67. The summed E-state index contributed by atoms with van der Waals surface area (Å²) in [5.74, 6) is 0.439. The Bertz CT molecular complexity index is 702. The van der Waals surface area contributed by atoms with Crippen molar-refractivity contribution < 1.29 is 13.2 Å². The lowest BCUT2D eigenvalue weighted by Crippen LogP contribution is -2.16. The zero-order valence-corrected chi connectivity index (χ0v) is 12.5. The molecule has 0 aliphatic carbocycles. The fraction of sp³-hybridized carbons (Fsp3) is 0.231. The van der Waals surface area contributed by atoms with Crippen molar-refractivity contribution in [1.82, 2.24) is 9.97 Å². The second-order valence-corrected chi connectivity index (χ2v) is 5.63. The monoisotopic (exact) mass is 308 g/mol. The van der Waals surface area contributed by atoms with Gasteiger partial charge in [-0.2, -0.15) is 8.42 Å². The highest BCUT2D eigenvalue weighted by Crippen LogP contribution is 2.21. The Hall–Kier alpha value is -2.35. The van der Waals surface area contributed by atoms with Crippen LogP contribution in [-0.2, 0) is 10.0 Å². The van der Waals surface area contributed by atoms with Crippen molar-refractivity contribution in [3.63, 3.8) is 0 Å². The number of pyridine rings is 2. The molecule has 0 radical (unpaired) electrons. The first-order chi connectivity index (χ1) is 10.1. The van der Waals surface area contributed by atoms with Gasteiger partial charge in [-0.25, -0.2) is 9.97 Å². The molecule has 0 atom stereocenters. The van der Waals surface area contributed by atoms with Crippen LogP contribution in [0.25, 0.3) is 0 Å². The molecule has 2 rings (SSSR count). The quantitative estimate of drug-likeness (QED) is 0.844. The van der Waals surface area contributed by atoms with Crippen molar-refractivity contribution in [3.05, 3.63) is 36.7 Å². The summed E-state index contributed by atoms with van der Waals surface area (Å²) in [7, 11) is -2.15. The molecule has 2 N–H and O–H groups in total. The average Bonchev–Trinajstić information content (AvgIpc) is 2.49. The van der Waals surface area contributed by atoms with Gasteiger partial charge >= 0.3 is 0 Å². The molecule has 0 aromatic carbocycles. The number of aromatic nitrogens is 2. The van der Waals surface area contributed by atoms with E-state index in [-0.39, 0.29) is 5.03 Å². The van der Waals surface area contributed by atoms with Crippen LogP contribution >= 0.6 is 0 Å². The molecule has 8 heteroatoms. The molecule has 0 amide bonds. The third-order valence-electron chi connectivity index (χ3n) is 2.58. The van der Waals surface area contributed by atoms with E-state index in [0.717, 1.165) is 0 Å². The third-order valence-corrected chi connectivity index (χ3v) is 3.91. The zero-order chi connectivity index (χ0) is 15.3. The SMILES string of the molecule is CCOc1ccc(NS(=O)(=O)c2ncccc2NC)cn1. The Morgan fingerprint density at radius 3 is 2.67 bits per heavy atom. The molecule has 21 heavy (non-hydrogen) atoms. The Morgan fingerprint density at radius 2 is 2.05 bits per heavy atom. The van der Waals surface area contributed by atoms with E-state index in [1.807, 2.05) is 6.92 Å². The van der Waals surface area contributed by atoms with Gasteiger partial charge in [0.1, 0.15) is 0 Å². The van der Waals surface area contributed by atoms with Gasteiger partial charge < -0.3 is 10.1 Å². The van der Waals surface area contributed by atoms with Crippen molar-refractivity contribution in [3.8, 4) is 5.88 Å². The number of hydrogen-bond donors (Lipinski definition) is 2. The molecule has 0 fully saturated rings. The van der Waals surface area contributed by atoms with Gasteiger partial charge in [-0.1, -0.05) is 0 Å².